The molecule has 2 saturated heterocycles. The van der Waals surface area contributed by atoms with Gasteiger partial charge >= 0.3 is 0 Å². The monoisotopic (exact) mass is 511 g/mol. The van der Waals surface area contributed by atoms with Crippen molar-refractivity contribution < 1.29 is 9.00 Å². The Morgan fingerprint density at radius 3 is 2.27 bits per heavy atom. The summed E-state index contributed by atoms with van der Waals surface area (Å²) in [5.41, 5.74) is 1.53. The van der Waals surface area contributed by atoms with Gasteiger partial charge in [-0.3, -0.25) is 13.9 Å². The number of halogens is 2. The van der Waals surface area contributed by atoms with Crippen molar-refractivity contribution in [2.45, 2.75) is 56.9 Å². The van der Waals surface area contributed by atoms with E-state index < -0.39 is 16.2 Å². The van der Waals surface area contributed by atoms with Gasteiger partial charge in [0.1, 0.15) is 0 Å². The SMILES string of the molecule is CC1CCC(N2CCC3(CC2)C(=O)N(CCN2CCS(=O)CC2)c2cc(Cl)c(Cl)cc23)CC1. The molecule has 8 heteroatoms. The molecule has 1 aromatic carbocycles. The Hall–Kier alpha value is -0.660. The summed E-state index contributed by atoms with van der Waals surface area (Å²) in [7, 11) is -0.691. The minimum Gasteiger partial charge on any atom is -0.310 e. The van der Waals surface area contributed by atoms with Gasteiger partial charge in [-0.2, -0.15) is 0 Å². The Labute approximate surface area is 210 Å². The van der Waals surface area contributed by atoms with Crippen LogP contribution in [-0.2, 0) is 21.0 Å². The van der Waals surface area contributed by atoms with Crippen LogP contribution in [0, 0.1) is 5.92 Å². The maximum atomic E-state index is 14.0. The molecule has 5 rings (SSSR count). The molecule has 1 amide bonds. The number of hydrogen-bond acceptors (Lipinski definition) is 4. The molecule has 0 unspecified atom stereocenters. The molecule has 1 spiro atoms. The highest BCUT2D eigenvalue weighted by Gasteiger charge is 2.52. The van der Waals surface area contributed by atoms with Crippen molar-refractivity contribution in [1.29, 1.82) is 0 Å². The van der Waals surface area contributed by atoms with Crippen LogP contribution in [0.1, 0.15) is 51.0 Å². The molecular formula is C25H35Cl2N3O2S. The number of fused-ring (bicyclic) bond motifs is 2. The molecule has 33 heavy (non-hydrogen) atoms. The van der Waals surface area contributed by atoms with Gasteiger partial charge in [0.2, 0.25) is 5.91 Å². The molecule has 1 aromatic rings. The van der Waals surface area contributed by atoms with Crippen molar-refractivity contribution in [3.05, 3.63) is 27.7 Å². The van der Waals surface area contributed by atoms with Crippen molar-refractivity contribution in [3.63, 3.8) is 0 Å². The van der Waals surface area contributed by atoms with Crippen LogP contribution in [0.2, 0.25) is 10.0 Å². The predicted octanol–water partition coefficient (Wildman–Crippen LogP) is 4.32. The molecule has 0 radical (unpaired) electrons. The second-order valence-electron chi connectivity index (χ2n) is 10.5. The first-order chi connectivity index (χ1) is 15.9. The van der Waals surface area contributed by atoms with E-state index in [4.69, 9.17) is 23.2 Å². The molecule has 0 atom stereocenters. The third kappa shape index (κ3) is 4.63. The van der Waals surface area contributed by atoms with Gasteiger partial charge in [-0.05, 0) is 75.2 Å². The number of nitrogens with zero attached hydrogens (tertiary/aromatic N) is 3. The zero-order chi connectivity index (χ0) is 23.2. The van der Waals surface area contributed by atoms with Gasteiger partial charge in [0.15, 0.2) is 0 Å². The molecule has 5 nitrogen and oxygen atoms in total. The van der Waals surface area contributed by atoms with Gasteiger partial charge in [0.05, 0.1) is 15.5 Å². The molecule has 182 valence electrons. The Kier molecular flexibility index (Phi) is 7.12. The van der Waals surface area contributed by atoms with E-state index in [2.05, 4.69) is 16.7 Å². The molecule has 1 aliphatic carbocycles. The van der Waals surface area contributed by atoms with Crippen LogP contribution in [0.5, 0.6) is 0 Å². The number of rotatable bonds is 4. The van der Waals surface area contributed by atoms with Crippen LogP contribution in [0.15, 0.2) is 12.1 Å². The van der Waals surface area contributed by atoms with Gasteiger partial charge in [0.25, 0.3) is 0 Å². The van der Waals surface area contributed by atoms with E-state index in [-0.39, 0.29) is 5.91 Å². The highest BCUT2D eigenvalue weighted by atomic mass is 35.5. The van der Waals surface area contributed by atoms with E-state index in [0.29, 0.717) is 22.6 Å². The Morgan fingerprint density at radius 2 is 1.61 bits per heavy atom. The van der Waals surface area contributed by atoms with Gasteiger partial charge in [-0.1, -0.05) is 30.1 Å². The summed E-state index contributed by atoms with van der Waals surface area (Å²) in [6, 6.07) is 4.52. The number of anilines is 1. The Morgan fingerprint density at radius 1 is 0.970 bits per heavy atom. The zero-order valence-electron chi connectivity index (χ0n) is 19.5. The second kappa shape index (κ2) is 9.77. The number of hydrogen-bond donors (Lipinski definition) is 0. The van der Waals surface area contributed by atoms with Crippen molar-refractivity contribution in [2.75, 3.05) is 55.7 Å². The summed E-state index contributed by atoms with van der Waals surface area (Å²) in [5.74, 6) is 2.52. The lowest BCUT2D eigenvalue weighted by atomic mass is 9.73. The van der Waals surface area contributed by atoms with Gasteiger partial charge in [0, 0.05) is 60.2 Å². The fraction of sp³-hybridized carbons (Fsp3) is 0.720. The molecular weight excluding hydrogens is 477 g/mol. The van der Waals surface area contributed by atoms with Gasteiger partial charge in [-0.15, -0.1) is 0 Å². The number of benzene rings is 1. The lowest BCUT2D eigenvalue weighted by molar-refractivity contribution is -0.125. The zero-order valence-corrected chi connectivity index (χ0v) is 21.9. The molecule has 3 aliphatic heterocycles. The first-order valence-electron chi connectivity index (χ1n) is 12.5. The molecule has 3 fully saturated rings. The normalized spacial score (nSPS) is 29.1. The fourth-order valence-corrected chi connectivity index (χ4v) is 7.80. The summed E-state index contributed by atoms with van der Waals surface area (Å²) >= 11 is 12.9. The summed E-state index contributed by atoms with van der Waals surface area (Å²) < 4.78 is 11.7. The van der Waals surface area contributed by atoms with Crippen LogP contribution >= 0.6 is 23.2 Å². The standard InChI is InChI=1S/C25H35Cl2N3O2S/c1-18-2-4-19(5-3-18)29-8-6-25(7-9-29)20-16-21(26)22(27)17-23(20)30(24(25)31)11-10-28-12-14-33(32)15-13-28/h16-19H,2-15H2,1H3. The molecule has 0 N–H and O–H groups in total. The number of piperidine rings is 1. The molecule has 0 aromatic heterocycles. The van der Waals surface area contributed by atoms with E-state index in [1.165, 1.54) is 25.7 Å². The average molecular weight is 513 g/mol. The van der Waals surface area contributed by atoms with Crippen LogP contribution < -0.4 is 4.90 Å². The largest absolute Gasteiger partial charge is 0.310 e. The van der Waals surface area contributed by atoms with Gasteiger partial charge < -0.3 is 9.80 Å². The highest BCUT2D eigenvalue weighted by Crippen LogP contribution is 2.50. The fourth-order valence-electron chi connectivity index (χ4n) is 6.35. The van der Waals surface area contributed by atoms with Crippen LogP contribution in [0.4, 0.5) is 5.69 Å². The average Bonchev–Trinajstić information content (AvgIpc) is 3.02. The minimum atomic E-state index is -0.691. The molecule has 1 saturated carbocycles. The third-order valence-corrected chi connectivity index (χ3v) is 10.6. The minimum absolute atomic E-state index is 0.216. The first kappa shape index (κ1) is 24.1. The van der Waals surface area contributed by atoms with E-state index in [9.17, 15) is 9.00 Å². The number of amides is 1. The van der Waals surface area contributed by atoms with Gasteiger partial charge in [-0.25, -0.2) is 0 Å². The summed E-state index contributed by atoms with van der Waals surface area (Å²) in [6.45, 7) is 7.41. The number of carbonyl (C=O) groups is 1. The summed E-state index contributed by atoms with van der Waals surface area (Å²) in [6.07, 6.45) is 6.91. The first-order valence-corrected chi connectivity index (χ1v) is 14.7. The second-order valence-corrected chi connectivity index (χ2v) is 13.0. The molecule has 3 heterocycles. The maximum absolute atomic E-state index is 14.0. The number of likely N-dealkylation sites (tertiary alicyclic amines) is 1. The van der Waals surface area contributed by atoms with Crippen molar-refractivity contribution in [2.24, 2.45) is 5.92 Å². The summed E-state index contributed by atoms with van der Waals surface area (Å²) in [4.78, 5) is 20.9. The van der Waals surface area contributed by atoms with Crippen LogP contribution in [-0.4, -0.2) is 76.7 Å². The third-order valence-electron chi connectivity index (χ3n) is 8.56. The smallest absolute Gasteiger partial charge is 0.237 e. The van der Waals surface area contributed by atoms with Crippen LogP contribution in [0.25, 0.3) is 0 Å². The molecule has 4 aliphatic rings. The highest BCUT2D eigenvalue weighted by molar-refractivity contribution is 7.85. The quantitative estimate of drug-likeness (QED) is 0.603. The topological polar surface area (TPSA) is 43.9 Å². The maximum Gasteiger partial charge on any atom is 0.237 e. The lowest BCUT2D eigenvalue weighted by Gasteiger charge is -2.43. The van der Waals surface area contributed by atoms with Crippen LogP contribution in [0.3, 0.4) is 0 Å². The van der Waals surface area contributed by atoms with Crippen molar-refractivity contribution in [1.82, 2.24) is 9.80 Å². The molecule has 0 bridgehead atoms. The van der Waals surface area contributed by atoms with E-state index in [1.807, 2.05) is 17.0 Å². The predicted molar refractivity (Wildman–Crippen MR) is 137 cm³/mol. The van der Waals surface area contributed by atoms with E-state index in [1.54, 1.807) is 0 Å². The van der Waals surface area contributed by atoms with E-state index in [0.717, 1.165) is 74.2 Å². The summed E-state index contributed by atoms with van der Waals surface area (Å²) in [5, 5.41) is 1.04. The Bertz CT molecular complexity index is 916. The van der Waals surface area contributed by atoms with Crippen molar-refractivity contribution >= 4 is 45.6 Å². The lowest BCUT2D eigenvalue weighted by Crippen LogP contribution is -2.52. The number of carbonyl (C=O) groups excluding carboxylic acids is 1. The Balaban J connectivity index is 1.33. The van der Waals surface area contributed by atoms with E-state index >= 15 is 0 Å². The van der Waals surface area contributed by atoms with Crippen molar-refractivity contribution in [3.8, 4) is 0 Å².